The SMILES string of the molecule is COC(=O)N[C@H](C(=O)N1CC2(CC2)C[C@H]1C(=O)OCC(=O)c1ccc2c(c1)C(F)(F)c1cc(Br)ccc1-2)C(C)C. The Kier molecular flexibility index (Phi) is 7.22. The molecular formula is C29H29BrF2N2O6. The summed E-state index contributed by atoms with van der Waals surface area (Å²) in [7, 11) is 1.20. The third kappa shape index (κ3) is 5.00. The molecule has 0 unspecified atom stereocenters. The average Bonchev–Trinajstić information content (AvgIpc) is 3.51. The second-order valence-corrected chi connectivity index (χ2v) is 12.0. The van der Waals surface area contributed by atoms with E-state index in [0.29, 0.717) is 28.6 Å². The van der Waals surface area contributed by atoms with Gasteiger partial charge in [-0.3, -0.25) is 9.59 Å². The number of likely N-dealkylation sites (tertiary alicyclic amines) is 1. The normalized spacial score (nSPS) is 20.1. The summed E-state index contributed by atoms with van der Waals surface area (Å²) in [6.07, 6.45) is 1.36. The van der Waals surface area contributed by atoms with Crippen molar-refractivity contribution in [2.24, 2.45) is 11.3 Å². The number of methoxy groups -OCH3 is 1. The number of esters is 1. The minimum atomic E-state index is -3.28. The van der Waals surface area contributed by atoms with E-state index in [1.165, 1.54) is 30.2 Å². The Labute approximate surface area is 238 Å². The number of amides is 2. The smallest absolute Gasteiger partial charge is 0.407 e. The summed E-state index contributed by atoms with van der Waals surface area (Å²) in [5.41, 5.74) is 0.142. The van der Waals surface area contributed by atoms with Gasteiger partial charge < -0.3 is 19.7 Å². The minimum Gasteiger partial charge on any atom is -0.456 e. The largest absolute Gasteiger partial charge is 0.456 e. The number of alkyl halides is 2. The third-order valence-corrected chi connectivity index (χ3v) is 8.54. The van der Waals surface area contributed by atoms with Crippen molar-refractivity contribution in [1.82, 2.24) is 10.2 Å². The highest BCUT2D eigenvalue weighted by Gasteiger charge is 2.56. The second kappa shape index (κ2) is 10.2. The molecule has 1 heterocycles. The van der Waals surface area contributed by atoms with E-state index in [9.17, 15) is 19.2 Å². The van der Waals surface area contributed by atoms with Gasteiger partial charge in [0.05, 0.1) is 7.11 Å². The molecule has 0 radical (unpaired) electrons. The zero-order chi connectivity index (χ0) is 29.0. The first-order chi connectivity index (χ1) is 18.9. The molecule has 212 valence electrons. The van der Waals surface area contributed by atoms with Crippen LogP contribution in [0.2, 0.25) is 0 Å². The fraction of sp³-hybridized carbons (Fsp3) is 0.448. The summed E-state index contributed by atoms with van der Waals surface area (Å²) in [4.78, 5) is 52.7. The number of nitrogens with one attached hydrogen (secondary N) is 1. The quantitative estimate of drug-likeness (QED) is 0.344. The standard InChI is InChI=1S/C29H29BrF2N2O6/c1-15(2)24(33-27(38)39-3)25(36)34-14-28(8-9-28)12-22(34)26(37)40-13-23(35)16-4-6-18-19-7-5-17(30)11-21(19)29(31,32)20(18)10-16/h4-7,10-11,15,22,24H,8-9,12-14H2,1-3H3,(H,33,38)/t22-,24-/m0/s1. The van der Waals surface area contributed by atoms with Gasteiger partial charge in [0.2, 0.25) is 5.91 Å². The molecule has 2 aromatic carbocycles. The van der Waals surface area contributed by atoms with E-state index in [1.54, 1.807) is 26.0 Å². The Morgan fingerprint density at radius 3 is 2.35 bits per heavy atom. The van der Waals surface area contributed by atoms with E-state index in [2.05, 4.69) is 26.0 Å². The average molecular weight is 619 g/mol. The second-order valence-electron chi connectivity index (χ2n) is 11.1. The number of fused-ring (bicyclic) bond motifs is 3. The molecule has 8 nitrogen and oxygen atoms in total. The highest BCUT2D eigenvalue weighted by atomic mass is 79.9. The van der Waals surface area contributed by atoms with Gasteiger partial charge in [0.1, 0.15) is 12.1 Å². The number of Topliss-reactive ketones (excluding diaryl/α,β-unsaturated/α-hetero) is 1. The molecule has 3 aliphatic rings. The molecule has 2 aromatic rings. The predicted octanol–water partition coefficient (Wildman–Crippen LogP) is 5.06. The number of benzene rings is 2. The first-order valence-electron chi connectivity index (χ1n) is 13.0. The van der Waals surface area contributed by atoms with Crippen LogP contribution in [0.5, 0.6) is 0 Å². The molecule has 1 saturated heterocycles. The zero-order valence-electron chi connectivity index (χ0n) is 22.3. The molecule has 2 atom stereocenters. The fourth-order valence-corrected chi connectivity index (χ4v) is 5.96. The summed E-state index contributed by atoms with van der Waals surface area (Å²) in [5, 5.41) is 2.54. The van der Waals surface area contributed by atoms with Gasteiger partial charge in [-0.15, -0.1) is 0 Å². The van der Waals surface area contributed by atoms with Crippen LogP contribution in [0.15, 0.2) is 40.9 Å². The molecule has 2 amide bonds. The Hall–Kier alpha value is -3.34. The molecule has 1 saturated carbocycles. The number of carbonyl (C=O) groups is 4. The van der Waals surface area contributed by atoms with Crippen molar-refractivity contribution in [3.8, 4) is 11.1 Å². The summed E-state index contributed by atoms with van der Waals surface area (Å²) in [5.74, 6) is -5.35. The minimum absolute atomic E-state index is 0.00161. The van der Waals surface area contributed by atoms with Crippen LogP contribution in [-0.4, -0.2) is 61.0 Å². The number of carbonyl (C=O) groups excluding carboxylic acids is 4. The van der Waals surface area contributed by atoms with Crippen molar-refractivity contribution < 1.29 is 37.4 Å². The number of rotatable bonds is 7. The van der Waals surface area contributed by atoms with Gasteiger partial charge in [0, 0.05) is 27.7 Å². The lowest BCUT2D eigenvalue weighted by Gasteiger charge is -2.29. The van der Waals surface area contributed by atoms with Crippen LogP contribution in [0.3, 0.4) is 0 Å². The molecule has 0 aromatic heterocycles. The molecule has 11 heteroatoms. The van der Waals surface area contributed by atoms with Crippen molar-refractivity contribution >= 4 is 39.7 Å². The van der Waals surface area contributed by atoms with Gasteiger partial charge in [0.15, 0.2) is 12.4 Å². The Balaban J connectivity index is 1.29. The fourth-order valence-electron chi connectivity index (χ4n) is 5.60. The number of alkyl carbamates (subject to hydrolysis) is 1. The molecule has 1 N–H and O–H groups in total. The molecule has 0 bridgehead atoms. The number of ketones is 1. The lowest BCUT2D eigenvalue weighted by Crippen LogP contribution is -2.54. The van der Waals surface area contributed by atoms with Gasteiger partial charge in [-0.25, -0.2) is 9.59 Å². The molecule has 5 rings (SSSR count). The van der Waals surface area contributed by atoms with Crippen LogP contribution < -0.4 is 5.32 Å². The van der Waals surface area contributed by atoms with Gasteiger partial charge >= 0.3 is 12.1 Å². The van der Waals surface area contributed by atoms with Gasteiger partial charge in [-0.1, -0.05) is 48.0 Å². The first kappa shape index (κ1) is 28.2. The lowest BCUT2D eigenvalue weighted by molar-refractivity contribution is -0.153. The van der Waals surface area contributed by atoms with Gasteiger partial charge in [0.25, 0.3) is 5.92 Å². The number of ether oxygens (including phenoxy) is 2. The van der Waals surface area contributed by atoms with E-state index in [0.717, 1.165) is 18.9 Å². The maximum atomic E-state index is 15.2. The van der Waals surface area contributed by atoms with Crippen LogP contribution in [0.4, 0.5) is 13.6 Å². The van der Waals surface area contributed by atoms with Crippen LogP contribution in [-0.2, 0) is 25.0 Å². The van der Waals surface area contributed by atoms with Crippen LogP contribution in [0.1, 0.15) is 54.6 Å². The van der Waals surface area contributed by atoms with Crippen molar-refractivity contribution in [3.05, 3.63) is 57.6 Å². The summed E-state index contributed by atoms with van der Waals surface area (Å²) >= 11 is 3.23. The molecule has 1 spiro atoms. The van der Waals surface area contributed by atoms with Gasteiger partial charge in [-0.2, -0.15) is 8.78 Å². The lowest BCUT2D eigenvalue weighted by atomic mass is 10.0. The van der Waals surface area contributed by atoms with Crippen molar-refractivity contribution in [3.63, 3.8) is 0 Å². The molecule has 1 aliphatic heterocycles. The van der Waals surface area contributed by atoms with E-state index in [-0.39, 0.29) is 28.0 Å². The van der Waals surface area contributed by atoms with Crippen LogP contribution >= 0.6 is 15.9 Å². The number of nitrogens with zero attached hydrogens (tertiary/aromatic N) is 1. The van der Waals surface area contributed by atoms with Crippen LogP contribution in [0, 0.1) is 11.3 Å². The summed E-state index contributed by atoms with van der Waals surface area (Å²) in [6, 6.07) is 6.90. The number of halogens is 3. The first-order valence-corrected chi connectivity index (χ1v) is 13.8. The van der Waals surface area contributed by atoms with E-state index in [4.69, 9.17) is 4.74 Å². The van der Waals surface area contributed by atoms with Crippen LogP contribution in [0.25, 0.3) is 11.1 Å². The number of hydrogen-bond acceptors (Lipinski definition) is 6. The Morgan fingerprint density at radius 1 is 1.07 bits per heavy atom. The molecular weight excluding hydrogens is 590 g/mol. The third-order valence-electron chi connectivity index (χ3n) is 8.05. The van der Waals surface area contributed by atoms with Crippen molar-refractivity contribution in [2.75, 3.05) is 20.3 Å². The summed E-state index contributed by atoms with van der Waals surface area (Å²) < 4.78 is 40.9. The predicted molar refractivity (Wildman–Crippen MR) is 144 cm³/mol. The van der Waals surface area contributed by atoms with E-state index in [1.807, 2.05) is 0 Å². The monoisotopic (exact) mass is 618 g/mol. The zero-order valence-corrected chi connectivity index (χ0v) is 23.8. The maximum Gasteiger partial charge on any atom is 0.407 e. The maximum absolute atomic E-state index is 15.2. The highest BCUT2D eigenvalue weighted by molar-refractivity contribution is 9.10. The Morgan fingerprint density at radius 2 is 1.73 bits per heavy atom. The van der Waals surface area contributed by atoms with Crippen molar-refractivity contribution in [1.29, 1.82) is 0 Å². The Bertz CT molecular complexity index is 1410. The summed E-state index contributed by atoms with van der Waals surface area (Å²) in [6.45, 7) is 3.24. The van der Waals surface area contributed by atoms with Crippen molar-refractivity contribution in [2.45, 2.75) is 51.1 Å². The molecule has 2 fully saturated rings. The van der Waals surface area contributed by atoms with Gasteiger partial charge in [-0.05, 0) is 59.9 Å². The van der Waals surface area contributed by atoms with E-state index >= 15 is 8.78 Å². The van der Waals surface area contributed by atoms with E-state index < -0.39 is 48.4 Å². The topological polar surface area (TPSA) is 102 Å². The highest BCUT2D eigenvalue weighted by Crippen LogP contribution is 2.55. The molecule has 40 heavy (non-hydrogen) atoms. The number of hydrogen-bond donors (Lipinski definition) is 1. The molecule has 2 aliphatic carbocycles.